The minimum Gasteiger partial charge on any atom is -0.461 e. The van der Waals surface area contributed by atoms with E-state index in [0.717, 1.165) is 0 Å². The van der Waals surface area contributed by atoms with Crippen LogP contribution in [0.5, 0.6) is 0 Å². The molecule has 1 N–H and O–H groups in total. The van der Waals surface area contributed by atoms with E-state index >= 15 is 0 Å². The van der Waals surface area contributed by atoms with E-state index in [4.69, 9.17) is 14.6 Å². The zero-order valence-corrected chi connectivity index (χ0v) is 12.8. The molecule has 1 unspecified atom stereocenters. The molecule has 2 heterocycles. The standard InChI is InChI=1S/C13H18N2O5S/c1-3-19-12(18)10-11(8(2)17)21-13(14-10)15-4-5-20-9(6-15)7-16/h9,16H,3-7H2,1-2H3. The number of nitrogens with zero attached hydrogens (tertiary/aromatic N) is 2. The van der Waals surface area contributed by atoms with Gasteiger partial charge in [0.25, 0.3) is 0 Å². The van der Waals surface area contributed by atoms with Crippen molar-refractivity contribution in [3.63, 3.8) is 0 Å². The van der Waals surface area contributed by atoms with Crippen LogP contribution in [-0.4, -0.2) is 60.9 Å². The molecule has 0 radical (unpaired) electrons. The van der Waals surface area contributed by atoms with Crippen molar-refractivity contribution in [1.29, 1.82) is 0 Å². The Labute approximate surface area is 126 Å². The Morgan fingerprint density at radius 1 is 1.57 bits per heavy atom. The number of ketones is 1. The molecule has 1 aliphatic rings. The third-order valence-electron chi connectivity index (χ3n) is 3.02. The number of aromatic nitrogens is 1. The van der Waals surface area contributed by atoms with Crippen LogP contribution in [0.1, 0.15) is 34.0 Å². The first-order valence-corrected chi connectivity index (χ1v) is 7.54. The summed E-state index contributed by atoms with van der Waals surface area (Å²) in [5.41, 5.74) is 0.0661. The lowest BCUT2D eigenvalue weighted by Crippen LogP contribution is -2.44. The summed E-state index contributed by atoms with van der Waals surface area (Å²) in [6, 6.07) is 0. The van der Waals surface area contributed by atoms with Gasteiger partial charge in [-0.3, -0.25) is 4.79 Å². The Balaban J connectivity index is 2.26. The molecule has 1 saturated heterocycles. The number of aliphatic hydroxyl groups excluding tert-OH is 1. The van der Waals surface area contributed by atoms with Crippen LogP contribution in [0.3, 0.4) is 0 Å². The monoisotopic (exact) mass is 314 g/mol. The fraction of sp³-hybridized carbons (Fsp3) is 0.615. The molecule has 1 aromatic heterocycles. The maximum absolute atomic E-state index is 11.9. The van der Waals surface area contributed by atoms with Crippen molar-refractivity contribution >= 4 is 28.2 Å². The number of hydrogen-bond donors (Lipinski definition) is 1. The summed E-state index contributed by atoms with van der Waals surface area (Å²) in [5.74, 6) is -0.800. The summed E-state index contributed by atoms with van der Waals surface area (Å²) in [4.78, 5) is 30.0. The average molecular weight is 314 g/mol. The molecule has 0 amide bonds. The van der Waals surface area contributed by atoms with Gasteiger partial charge in [0.05, 0.1) is 25.9 Å². The highest BCUT2D eigenvalue weighted by Crippen LogP contribution is 2.28. The highest BCUT2D eigenvalue weighted by Gasteiger charge is 2.27. The zero-order chi connectivity index (χ0) is 15.4. The molecule has 8 heteroatoms. The molecular weight excluding hydrogens is 296 g/mol. The number of ether oxygens (including phenoxy) is 2. The number of Topliss-reactive ketones (excluding diaryl/α,β-unsaturated/α-hetero) is 1. The quantitative estimate of drug-likeness (QED) is 0.632. The van der Waals surface area contributed by atoms with Crippen LogP contribution in [0.2, 0.25) is 0 Å². The highest BCUT2D eigenvalue weighted by molar-refractivity contribution is 7.17. The second-order valence-corrected chi connectivity index (χ2v) is 5.55. The molecule has 7 nitrogen and oxygen atoms in total. The molecule has 2 rings (SSSR count). The van der Waals surface area contributed by atoms with Crippen LogP contribution in [0.25, 0.3) is 0 Å². The van der Waals surface area contributed by atoms with E-state index in [1.807, 2.05) is 4.90 Å². The van der Waals surface area contributed by atoms with Gasteiger partial charge in [-0.05, 0) is 6.92 Å². The van der Waals surface area contributed by atoms with Gasteiger partial charge in [0.2, 0.25) is 0 Å². The van der Waals surface area contributed by atoms with Gasteiger partial charge in [0, 0.05) is 20.0 Å². The molecule has 0 aliphatic carbocycles. The van der Waals surface area contributed by atoms with Gasteiger partial charge in [-0.15, -0.1) is 0 Å². The van der Waals surface area contributed by atoms with E-state index in [1.54, 1.807) is 6.92 Å². The minimum absolute atomic E-state index is 0.0661. The van der Waals surface area contributed by atoms with Crippen LogP contribution in [0.4, 0.5) is 5.13 Å². The summed E-state index contributed by atoms with van der Waals surface area (Å²) >= 11 is 1.17. The van der Waals surface area contributed by atoms with E-state index in [2.05, 4.69) is 4.98 Å². The zero-order valence-electron chi connectivity index (χ0n) is 12.0. The lowest BCUT2D eigenvalue weighted by Gasteiger charge is -2.31. The van der Waals surface area contributed by atoms with Gasteiger partial charge in [0.15, 0.2) is 16.6 Å². The first-order valence-electron chi connectivity index (χ1n) is 6.73. The van der Waals surface area contributed by atoms with Crippen LogP contribution in [-0.2, 0) is 9.47 Å². The summed E-state index contributed by atoms with van der Waals surface area (Å²) in [5, 5.41) is 9.74. The number of hydrogen-bond acceptors (Lipinski definition) is 8. The number of thiazole rings is 1. The van der Waals surface area contributed by atoms with E-state index in [1.165, 1.54) is 18.3 Å². The Morgan fingerprint density at radius 3 is 2.95 bits per heavy atom. The minimum atomic E-state index is -0.586. The number of carbonyl (C=O) groups is 2. The van der Waals surface area contributed by atoms with E-state index < -0.39 is 5.97 Å². The molecule has 1 fully saturated rings. The molecule has 21 heavy (non-hydrogen) atoms. The van der Waals surface area contributed by atoms with Crippen molar-refractivity contribution in [2.45, 2.75) is 20.0 Å². The van der Waals surface area contributed by atoms with Gasteiger partial charge in [-0.25, -0.2) is 9.78 Å². The van der Waals surface area contributed by atoms with E-state index in [-0.39, 0.29) is 30.8 Å². The molecule has 0 bridgehead atoms. The first kappa shape index (κ1) is 15.9. The summed E-state index contributed by atoms with van der Waals surface area (Å²) < 4.78 is 10.3. The summed E-state index contributed by atoms with van der Waals surface area (Å²) in [7, 11) is 0. The molecule has 1 atom stereocenters. The second-order valence-electron chi connectivity index (χ2n) is 4.57. The van der Waals surface area contributed by atoms with Crippen LogP contribution in [0.15, 0.2) is 0 Å². The molecular formula is C13H18N2O5S. The molecule has 1 aliphatic heterocycles. The van der Waals surface area contributed by atoms with Crippen LogP contribution in [0, 0.1) is 0 Å². The predicted molar refractivity (Wildman–Crippen MR) is 77.1 cm³/mol. The van der Waals surface area contributed by atoms with E-state index in [0.29, 0.717) is 29.7 Å². The van der Waals surface area contributed by atoms with Crippen molar-refractivity contribution in [1.82, 2.24) is 4.98 Å². The number of rotatable bonds is 5. The molecule has 0 saturated carbocycles. The van der Waals surface area contributed by atoms with Gasteiger partial charge in [-0.1, -0.05) is 11.3 Å². The van der Waals surface area contributed by atoms with Crippen molar-refractivity contribution in [3.05, 3.63) is 10.6 Å². The average Bonchev–Trinajstić information content (AvgIpc) is 2.93. The molecule has 0 spiro atoms. The number of esters is 1. The lowest BCUT2D eigenvalue weighted by molar-refractivity contribution is 0.00355. The first-order chi connectivity index (χ1) is 10.1. The fourth-order valence-electron chi connectivity index (χ4n) is 2.02. The highest BCUT2D eigenvalue weighted by atomic mass is 32.1. The van der Waals surface area contributed by atoms with Crippen molar-refractivity contribution in [3.8, 4) is 0 Å². The SMILES string of the molecule is CCOC(=O)c1nc(N2CCOC(CO)C2)sc1C(C)=O. The lowest BCUT2D eigenvalue weighted by atomic mass is 10.3. The van der Waals surface area contributed by atoms with E-state index in [9.17, 15) is 9.59 Å². The molecule has 116 valence electrons. The van der Waals surface area contributed by atoms with Gasteiger partial charge < -0.3 is 19.5 Å². The summed E-state index contributed by atoms with van der Waals surface area (Å²) in [6.45, 7) is 4.80. The number of aliphatic hydroxyl groups is 1. The van der Waals surface area contributed by atoms with Gasteiger partial charge in [0.1, 0.15) is 4.88 Å². The fourth-order valence-corrected chi connectivity index (χ4v) is 3.01. The Bertz CT molecular complexity index is 531. The number of carbonyl (C=O) groups excluding carboxylic acids is 2. The van der Waals surface area contributed by atoms with Crippen LogP contribution < -0.4 is 4.90 Å². The largest absolute Gasteiger partial charge is 0.461 e. The topological polar surface area (TPSA) is 89.0 Å². The normalized spacial score (nSPS) is 18.6. The second kappa shape index (κ2) is 6.97. The maximum atomic E-state index is 11.9. The Kier molecular flexibility index (Phi) is 5.27. The Hall–Kier alpha value is -1.51. The number of morpholine rings is 1. The Morgan fingerprint density at radius 2 is 2.33 bits per heavy atom. The molecule has 1 aromatic rings. The predicted octanol–water partition coefficient (Wildman–Crippen LogP) is 0.720. The third kappa shape index (κ3) is 3.58. The summed E-state index contributed by atoms with van der Waals surface area (Å²) in [6.07, 6.45) is -0.283. The van der Waals surface area contributed by atoms with Gasteiger partial charge in [-0.2, -0.15) is 0 Å². The molecule has 0 aromatic carbocycles. The number of anilines is 1. The van der Waals surface area contributed by atoms with Gasteiger partial charge >= 0.3 is 5.97 Å². The van der Waals surface area contributed by atoms with Crippen molar-refractivity contribution in [2.24, 2.45) is 0 Å². The van der Waals surface area contributed by atoms with Crippen LogP contribution >= 0.6 is 11.3 Å². The third-order valence-corrected chi connectivity index (χ3v) is 4.23. The van der Waals surface area contributed by atoms with Crippen molar-refractivity contribution < 1.29 is 24.2 Å². The smallest absolute Gasteiger partial charge is 0.358 e. The van der Waals surface area contributed by atoms with Crippen molar-refractivity contribution in [2.75, 3.05) is 37.8 Å². The maximum Gasteiger partial charge on any atom is 0.358 e.